The van der Waals surface area contributed by atoms with Crippen molar-refractivity contribution in [2.45, 2.75) is 6.92 Å². The third-order valence-electron chi connectivity index (χ3n) is 4.04. The summed E-state index contributed by atoms with van der Waals surface area (Å²) in [4.78, 5) is 23.4. The molecular formula is C22H18ClNO4. The Labute approximate surface area is 167 Å². The van der Waals surface area contributed by atoms with Crippen molar-refractivity contribution >= 4 is 40.3 Å². The minimum atomic E-state index is -0.927. The average molecular weight is 396 g/mol. The van der Waals surface area contributed by atoms with Gasteiger partial charge in [0.2, 0.25) is 5.76 Å². The fraction of sp³-hybridized carbons (Fsp3) is 0.0909. The second-order valence-electron chi connectivity index (χ2n) is 5.93. The molecule has 0 spiro atoms. The molecule has 1 N–H and O–H groups in total. The molecule has 3 rings (SSSR count). The van der Waals surface area contributed by atoms with Gasteiger partial charge in [0.05, 0.1) is 12.1 Å². The standard InChI is InChI=1S/C22H18ClNO4/c1-2-28-22(27)21(26)13-18(25)12-7-15-14-24(17-10-8-16(23)9-11-17)20-6-4-3-5-19(15)20/h3-14,26H,2H2,1H3/b12-7+,21-13-. The molecule has 0 radical (unpaired) electrons. The molecule has 0 aliphatic rings. The van der Waals surface area contributed by atoms with Crippen molar-refractivity contribution in [3.05, 3.63) is 83.2 Å². The number of benzene rings is 2. The summed E-state index contributed by atoms with van der Waals surface area (Å²) < 4.78 is 6.64. The second-order valence-corrected chi connectivity index (χ2v) is 6.37. The molecule has 0 fully saturated rings. The highest BCUT2D eigenvalue weighted by Gasteiger charge is 2.10. The van der Waals surface area contributed by atoms with E-state index in [-0.39, 0.29) is 6.61 Å². The van der Waals surface area contributed by atoms with Crippen molar-refractivity contribution in [2.24, 2.45) is 0 Å². The Morgan fingerprint density at radius 1 is 1.14 bits per heavy atom. The lowest BCUT2D eigenvalue weighted by atomic mass is 10.1. The Bertz CT molecular complexity index is 1080. The number of aliphatic hydroxyl groups excluding tert-OH is 1. The molecule has 5 nitrogen and oxygen atoms in total. The number of rotatable bonds is 6. The van der Waals surface area contributed by atoms with Crippen molar-refractivity contribution in [1.82, 2.24) is 4.57 Å². The monoisotopic (exact) mass is 395 g/mol. The van der Waals surface area contributed by atoms with E-state index in [0.29, 0.717) is 5.02 Å². The number of aliphatic hydroxyl groups is 1. The third kappa shape index (κ3) is 4.32. The number of hydrogen-bond acceptors (Lipinski definition) is 4. The normalized spacial score (nSPS) is 11.9. The maximum Gasteiger partial charge on any atom is 0.373 e. The lowest BCUT2D eigenvalue weighted by molar-refractivity contribution is -0.141. The first-order chi connectivity index (χ1) is 13.5. The number of carbonyl (C=O) groups excluding carboxylic acids is 2. The minimum absolute atomic E-state index is 0.116. The number of fused-ring (bicyclic) bond motifs is 1. The SMILES string of the molecule is CCOC(=O)/C(O)=C/C(=O)/C=C/c1cn(-c2ccc(Cl)cc2)c2ccccc12. The maximum atomic E-state index is 12.0. The molecule has 0 aliphatic heterocycles. The fourth-order valence-corrected chi connectivity index (χ4v) is 2.90. The zero-order valence-electron chi connectivity index (χ0n) is 15.1. The number of esters is 1. The fourth-order valence-electron chi connectivity index (χ4n) is 2.77. The molecule has 2 aromatic carbocycles. The van der Waals surface area contributed by atoms with Gasteiger partial charge in [0.15, 0.2) is 5.78 Å². The number of nitrogens with zero attached hydrogens (tertiary/aromatic N) is 1. The van der Waals surface area contributed by atoms with Gasteiger partial charge in [-0.25, -0.2) is 4.79 Å². The Morgan fingerprint density at radius 2 is 1.86 bits per heavy atom. The number of aromatic nitrogens is 1. The third-order valence-corrected chi connectivity index (χ3v) is 4.29. The van der Waals surface area contributed by atoms with Crippen molar-refractivity contribution in [3.8, 4) is 5.69 Å². The number of carbonyl (C=O) groups is 2. The number of para-hydroxylation sites is 1. The largest absolute Gasteiger partial charge is 0.502 e. The van der Waals surface area contributed by atoms with Gasteiger partial charge in [0, 0.05) is 33.9 Å². The van der Waals surface area contributed by atoms with E-state index in [1.54, 1.807) is 13.0 Å². The summed E-state index contributed by atoms with van der Waals surface area (Å²) >= 11 is 5.97. The van der Waals surface area contributed by atoms with E-state index < -0.39 is 17.5 Å². The van der Waals surface area contributed by atoms with E-state index in [1.807, 2.05) is 59.3 Å². The van der Waals surface area contributed by atoms with Gasteiger partial charge in [-0.1, -0.05) is 29.8 Å². The molecule has 142 valence electrons. The van der Waals surface area contributed by atoms with Crippen LogP contribution in [0.15, 0.2) is 72.6 Å². The summed E-state index contributed by atoms with van der Waals surface area (Å²) in [6, 6.07) is 15.2. The molecule has 0 amide bonds. The van der Waals surface area contributed by atoms with Gasteiger partial charge in [-0.2, -0.15) is 0 Å². The van der Waals surface area contributed by atoms with Crippen LogP contribution in [-0.2, 0) is 14.3 Å². The van der Waals surface area contributed by atoms with Crippen LogP contribution in [0.3, 0.4) is 0 Å². The summed E-state index contributed by atoms with van der Waals surface area (Å²) in [7, 11) is 0. The van der Waals surface area contributed by atoms with Crippen molar-refractivity contribution in [2.75, 3.05) is 6.61 Å². The first kappa shape index (κ1) is 19.5. The topological polar surface area (TPSA) is 68.5 Å². The summed E-state index contributed by atoms with van der Waals surface area (Å²) in [6.07, 6.45) is 5.69. The highest BCUT2D eigenvalue weighted by molar-refractivity contribution is 6.30. The van der Waals surface area contributed by atoms with Gasteiger partial charge in [0.1, 0.15) is 0 Å². The first-order valence-corrected chi connectivity index (χ1v) is 9.03. The second kappa shape index (κ2) is 8.59. The lowest BCUT2D eigenvalue weighted by Gasteiger charge is -2.04. The Morgan fingerprint density at radius 3 is 2.57 bits per heavy atom. The molecule has 0 aliphatic carbocycles. The van der Waals surface area contributed by atoms with Gasteiger partial charge in [-0.3, -0.25) is 4.79 Å². The summed E-state index contributed by atoms with van der Waals surface area (Å²) in [6.45, 7) is 1.73. The van der Waals surface area contributed by atoms with Gasteiger partial charge < -0.3 is 14.4 Å². The summed E-state index contributed by atoms with van der Waals surface area (Å²) in [5.74, 6) is -2.17. The average Bonchev–Trinajstić information content (AvgIpc) is 3.06. The molecule has 1 aromatic heterocycles. The van der Waals surface area contributed by atoms with Crippen LogP contribution < -0.4 is 0 Å². The van der Waals surface area contributed by atoms with Gasteiger partial charge >= 0.3 is 5.97 Å². The maximum absolute atomic E-state index is 12.0. The molecule has 28 heavy (non-hydrogen) atoms. The van der Waals surface area contributed by atoms with Crippen molar-refractivity contribution in [1.29, 1.82) is 0 Å². The van der Waals surface area contributed by atoms with E-state index in [4.69, 9.17) is 11.6 Å². The molecule has 3 aromatic rings. The van der Waals surface area contributed by atoms with E-state index in [9.17, 15) is 14.7 Å². The van der Waals surface area contributed by atoms with Gasteiger partial charge in [-0.05, 0) is 49.4 Å². The predicted molar refractivity (Wildman–Crippen MR) is 110 cm³/mol. The smallest absolute Gasteiger partial charge is 0.373 e. The van der Waals surface area contributed by atoms with Crippen LogP contribution in [0.4, 0.5) is 0 Å². The number of allylic oxidation sites excluding steroid dienone is 2. The highest BCUT2D eigenvalue weighted by atomic mass is 35.5. The van der Waals surface area contributed by atoms with Crippen LogP contribution in [0.25, 0.3) is 22.7 Å². The minimum Gasteiger partial charge on any atom is -0.502 e. The number of halogens is 1. The van der Waals surface area contributed by atoms with Gasteiger partial charge in [0.25, 0.3) is 0 Å². The molecular weight excluding hydrogens is 378 g/mol. The highest BCUT2D eigenvalue weighted by Crippen LogP contribution is 2.26. The van der Waals surface area contributed by atoms with Crippen LogP contribution in [-0.4, -0.2) is 28.0 Å². The van der Waals surface area contributed by atoms with E-state index in [2.05, 4.69) is 4.74 Å². The summed E-state index contributed by atoms with van der Waals surface area (Å²) in [5, 5.41) is 11.2. The lowest BCUT2D eigenvalue weighted by Crippen LogP contribution is -2.08. The molecule has 0 atom stereocenters. The number of ketones is 1. The Balaban J connectivity index is 1.92. The molecule has 0 bridgehead atoms. The molecule has 0 unspecified atom stereocenters. The molecule has 0 saturated carbocycles. The van der Waals surface area contributed by atoms with E-state index >= 15 is 0 Å². The number of ether oxygens (including phenoxy) is 1. The first-order valence-electron chi connectivity index (χ1n) is 8.65. The van der Waals surface area contributed by atoms with Crippen molar-refractivity contribution < 1.29 is 19.4 Å². The van der Waals surface area contributed by atoms with Crippen molar-refractivity contribution in [3.63, 3.8) is 0 Å². The van der Waals surface area contributed by atoms with Crippen LogP contribution in [0.5, 0.6) is 0 Å². The summed E-state index contributed by atoms with van der Waals surface area (Å²) in [5.41, 5.74) is 2.73. The predicted octanol–water partition coefficient (Wildman–Crippen LogP) is 4.87. The van der Waals surface area contributed by atoms with Gasteiger partial charge in [-0.15, -0.1) is 0 Å². The quantitative estimate of drug-likeness (QED) is 0.367. The van der Waals surface area contributed by atoms with Crippen LogP contribution in [0, 0.1) is 0 Å². The molecule has 0 saturated heterocycles. The van der Waals surface area contributed by atoms with Crippen LogP contribution in [0.2, 0.25) is 5.02 Å². The number of hydrogen-bond donors (Lipinski definition) is 1. The van der Waals surface area contributed by atoms with Crippen LogP contribution in [0.1, 0.15) is 12.5 Å². The van der Waals surface area contributed by atoms with E-state index in [0.717, 1.165) is 28.2 Å². The Kier molecular flexibility index (Phi) is 5.96. The van der Waals surface area contributed by atoms with E-state index in [1.165, 1.54) is 6.08 Å². The molecule has 1 heterocycles. The zero-order chi connectivity index (χ0) is 20.1. The van der Waals surface area contributed by atoms with Crippen LogP contribution >= 0.6 is 11.6 Å². The Hall–Kier alpha value is -3.31. The zero-order valence-corrected chi connectivity index (χ0v) is 15.9. The molecule has 6 heteroatoms.